The van der Waals surface area contributed by atoms with Gasteiger partial charge in [0.25, 0.3) is 5.89 Å². The molecule has 0 aliphatic carbocycles. The molecule has 0 unspecified atom stereocenters. The number of benzene rings is 1. The average Bonchev–Trinajstić information content (AvgIpc) is 3.36. The first-order valence-corrected chi connectivity index (χ1v) is 8.78. The predicted octanol–water partition coefficient (Wildman–Crippen LogP) is 2.95. The second-order valence-corrected chi connectivity index (χ2v) is 6.41. The molecule has 0 aliphatic rings. The number of aromatic nitrogens is 6. The fourth-order valence-electron chi connectivity index (χ4n) is 2.74. The maximum absolute atomic E-state index is 13.0. The van der Waals surface area contributed by atoms with Crippen LogP contribution in [-0.4, -0.2) is 35.9 Å². The minimum Gasteiger partial charge on any atom is -0.366 e. The lowest BCUT2D eigenvalue weighted by molar-refractivity contribution is 0.424. The van der Waals surface area contributed by atoms with Crippen molar-refractivity contribution in [1.82, 2.24) is 29.9 Å². The molecule has 1 N–H and O–H groups in total. The van der Waals surface area contributed by atoms with E-state index in [4.69, 9.17) is 4.52 Å². The third kappa shape index (κ3) is 4.37. The summed E-state index contributed by atoms with van der Waals surface area (Å²) in [5.41, 5.74) is 1.64. The zero-order chi connectivity index (χ0) is 19.3. The van der Waals surface area contributed by atoms with Crippen LogP contribution < -0.4 is 5.32 Å². The summed E-state index contributed by atoms with van der Waals surface area (Å²) >= 11 is 0. The van der Waals surface area contributed by atoms with Crippen LogP contribution >= 0.6 is 0 Å². The third-order valence-electron chi connectivity index (χ3n) is 4.08. The summed E-state index contributed by atoms with van der Waals surface area (Å²) < 4.78 is 20.1. The first-order valence-electron chi connectivity index (χ1n) is 8.78. The van der Waals surface area contributed by atoms with Gasteiger partial charge < -0.3 is 9.84 Å². The number of pyridine rings is 1. The lowest BCUT2D eigenvalue weighted by Crippen LogP contribution is -2.22. The molecule has 0 fully saturated rings. The van der Waals surface area contributed by atoms with Crippen molar-refractivity contribution in [2.24, 2.45) is 0 Å². The smallest absolute Gasteiger partial charge is 0.259 e. The maximum Gasteiger partial charge on any atom is 0.259 e. The Morgan fingerprint density at radius 3 is 2.75 bits per heavy atom. The van der Waals surface area contributed by atoms with Crippen LogP contribution in [0.5, 0.6) is 0 Å². The number of nitrogens with one attached hydrogen (secondary N) is 1. The molecule has 1 aromatic carbocycles. The molecule has 0 spiro atoms. The molecule has 0 amide bonds. The van der Waals surface area contributed by atoms with E-state index in [9.17, 15) is 4.39 Å². The number of rotatable bonds is 7. The highest BCUT2D eigenvalue weighted by Crippen LogP contribution is 2.19. The van der Waals surface area contributed by atoms with Gasteiger partial charge in [-0.2, -0.15) is 10.1 Å². The van der Waals surface area contributed by atoms with Crippen LogP contribution in [-0.2, 0) is 13.0 Å². The molecule has 4 rings (SSSR count). The highest BCUT2D eigenvalue weighted by Gasteiger charge is 2.11. The van der Waals surface area contributed by atoms with Gasteiger partial charge in [0.15, 0.2) is 5.82 Å². The Labute approximate surface area is 160 Å². The van der Waals surface area contributed by atoms with Gasteiger partial charge in [0.2, 0.25) is 0 Å². The predicted molar refractivity (Wildman–Crippen MR) is 99.8 cm³/mol. The standard InChI is InChI=1S/C19H18FN7O/c1-13(10-27-12-21-11-23-27)24-17-7-4-15(9-22-17)19-25-18(26-28-19)8-14-2-5-16(20)6-3-14/h2-7,9,11-13H,8,10H2,1H3,(H,22,24)/t13-/m0/s1. The first kappa shape index (κ1) is 17.8. The van der Waals surface area contributed by atoms with Crippen molar-refractivity contribution in [1.29, 1.82) is 0 Å². The van der Waals surface area contributed by atoms with Gasteiger partial charge in [-0.05, 0) is 36.8 Å². The third-order valence-corrected chi connectivity index (χ3v) is 4.08. The number of hydrogen-bond donors (Lipinski definition) is 1. The second kappa shape index (κ2) is 7.95. The van der Waals surface area contributed by atoms with Crippen LogP contribution in [0.1, 0.15) is 18.3 Å². The fourth-order valence-corrected chi connectivity index (χ4v) is 2.74. The Kier molecular flexibility index (Phi) is 5.05. The second-order valence-electron chi connectivity index (χ2n) is 6.41. The van der Waals surface area contributed by atoms with Crippen molar-refractivity contribution < 1.29 is 8.91 Å². The fraction of sp³-hybridized carbons (Fsp3) is 0.211. The number of hydrogen-bond acceptors (Lipinski definition) is 7. The number of anilines is 1. The SMILES string of the molecule is C[C@@H](Cn1cncn1)Nc1ccc(-c2nc(Cc3ccc(F)cc3)no2)cn1. The monoisotopic (exact) mass is 379 g/mol. The Morgan fingerprint density at radius 1 is 1.18 bits per heavy atom. The highest BCUT2D eigenvalue weighted by atomic mass is 19.1. The van der Waals surface area contributed by atoms with Crippen molar-refractivity contribution >= 4 is 5.82 Å². The lowest BCUT2D eigenvalue weighted by atomic mass is 10.1. The van der Waals surface area contributed by atoms with Gasteiger partial charge in [-0.1, -0.05) is 17.3 Å². The molecule has 3 aromatic heterocycles. The van der Waals surface area contributed by atoms with E-state index in [1.54, 1.807) is 29.3 Å². The van der Waals surface area contributed by atoms with Crippen LogP contribution in [0, 0.1) is 5.82 Å². The minimum atomic E-state index is -0.270. The van der Waals surface area contributed by atoms with Gasteiger partial charge in [0.1, 0.15) is 24.3 Å². The molecule has 142 valence electrons. The maximum atomic E-state index is 13.0. The molecule has 8 nitrogen and oxygen atoms in total. The van der Waals surface area contributed by atoms with Crippen molar-refractivity contribution in [3.63, 3.8) is 0 Å². The summed E-state index contributed by atoms with van der Waals surface area (Å²) in [5.74, 6) is 1.40. The van der Waals surface area contributed by atoms with Gasteiger partial charge in [-0.15, -0.1) is 0 Å². The summed E-state index contributed by atoms with van der Waals surface area (Å²) in [6, 6.07) is 10.1. The van der Waals surface area contributed by atoms with E-state index in [2.05, 4.69) is 30.5 Å². The molecular formula is C19H18FN7O. The molecule has 9 heteroatoms. The lowest BCUT2D eigenvalue weighted by Gasteiger charge is -2.14. The van der Waals surface area contributed by atoms with E-state index in [0.717, 1.165) is 16.9 Å². The molecular weight excluding hydrogens is 361 g/mol. The quantitative estimate of drug-likeness (QED) is 0.527. The summed E-state index contributed by atoms with van der Waals surface area (Å²) in [6.45, 7) is 2.72. The molecule has 3 heterocycles. The van der Waals surface area contributed by atoms with Crippen LogP contribution in [0.4, 0.5) is 10.2 Å². The van der Waals surface area contributed by atoms with E-state index in [-0.39, 0.29) is 11.9 Å². The van der Waals surface area contributed by atoms with Gasteiger partial charge >= 0.3 is 0 Å². The number of halogens is 1. The zero-order valence-corrected chi connectivity index (χ0v) is 15.2. The molecule has 0 saturated carbocycles. The van der Waals surface area contributed by atoms with Crippen LogP contribution in [0.3, 0.4) is 0 Å². The van der Waals surface area contributed by atoms with Crippen LogP contribution in [0.2, 0.25) is 0 Å². The normalized spacial score (nSPS) is 12.1. The van der Waals surface area contributed by atoms with Crippen molar-refractivity contribution in [3.05, 3.63) is 72.5 Å². The van der Waals surface area contributed by atoms with E-state index >= 15 is 0 Å². The molecule has 0 aliphatic heterocycles. The summed E-state index contributed by atoms with van der Waals surface area (Å²) in [5, 5.41) is 11.4. The Balaban J connectivity index is 1.38. The molecule has 0 bridgehead atoms. The first-order chi connectivity index (χ1) is 13.7. The highest BCUT2D eigenvalue weighted by molar-refractivity contribution is 5.54. The number of nitrogens with zero attached hydrogens (tertiary/aromatic N) is 6. The van der Waals surface area contributed by atoms with E-state index in [1.165, 1.54) is 18.5 Å². The van der Waals surface area contributed by atoms with Crippen molar-refractivity contribution in [2.45, 2.75) is 25.9 Å². The largest absolute Gasteiger partial charge is 0.366 e. The van der Waals surface area contributed by atoms with Crippen molar-refractivity contribution in [2.75, 3.05) is 5.32 Å². The zero-order valence-electron chi connectivity index (χ0n) is 15.2. The van der Waals surface area contributed by atoms with Gasteiger partial charge in [-0.25, -0.2) is 14.4 Å². The van der Waals surface area contributed by atoms with E-state index in [0.29, 0.717) is 24.7 Å². The molecule has 4 aromatic rings. The molecule has 28 heavy (non-hydrogen) atoms. The molecule has 0 radical (unpaired) electrons. The topological polar surface area (TPSA) is 94.6 Å². The van der Waals surface area contributed by atoms with Gasteiger partial charge in [0, 0.05) is 18.7 Å². The minimum absolute atomic E-state index is 0.130. The average molecular weight is 379 g/mol. The van der Waals surface area contributed by atoms with E-state index in [1.807, 2.05) is 19.1 Å². The van der Waals surface area contributed by atoms with Gasteiger partial charge in [-0.3, -0.25) is 4.68 Å². The Morgan fingerprint density at radius 2 is 2.04 bits per heavy atom. The van der Waals surface area contributed by atoms with Gasteiger partial charge in [0.05, 0.1) is 12.1 Å². The Hall–Kier alpha value is -3.62. The molecule has 1 atom stereocenters. The Bertz CT molecular complexity index is 1010. The summed E-state index contributed by atoms with van der Waals surface area (Å²) in [4.78, 5) is 12.7. The van der Waals surface area contributed by atoms with Crippen molar-refractivity contribution in [3.8, 4) is 11.5 Å². The van der Waals surface area contributed by atoms with Crippen LogP contribution in [0.25, 0.3) is 11.5 Å². The molecule has 0 saturated heterocycles. The summed E-state index contributed by atoms with van der Waals surface area (Å²) in [6.07, 6.45) is 5.33. The van der Waals surface area contributed by atoms with Crippen LogP contribution in [0.15, 0.2) is 59.8 Å². The summed E-state index contributed by atoms with van der Waals surface area (Å²) in [7, 11) is 0. The van der Waals surface area contributed by atoms with E-state index < -0.39 is 0 Å².